The highest BCUT2D eigenvalue weighted by atomic mass is 15.4. The van der Waals surface area contributed by atoms with Crippen LogP contribution in [0, 0.1) is 0 Å². The monoisotopic (exact) mass is 325 g/mol. The Morgan fingerprint density at radius 3 is 3.00 bits per heavy atom. The van der Waals surface area contributed by atoms with Gasteiger partial charge in [-0.15, -0.1) is 0 Å². The third-order valence-electron chi connectivity index (χ3n) is 5.15. The minimum Gasteiger partial charge on any atom is -0.385 e. The molecule has 3 heterocycles. The van der Waals surface area contributed by atoms with E-state index >= 15 is 0 Å². The van der Waals surface area contributed by atoms with Gasteiger partial charge in [-0.1, -0.05) is 32.0 Å². The van der Waals surface area contributed by atoms with E-state index in [-0.39, 0.29) is 0 Å². The molecule has 0 unspecified atom stereocenters. The predicted molar refractivity (Wildman–Crippen MR) is 96.3 cm³/mol. The van der Waals surface area contributed by atoms with E-state index in [1.807, 2.05) is 0 Å². The van der Waals surface area contributed by atoms with Crippen molar-refractivity contribution >= 4 is 5.69 Å². The molecule has 0 bridgehead atoms. The standard InChI is InChI=1S/C19H27N5/c1-13(2)19-22-18-10-9-14(12-24(18)23-19)21-17-8-5-11-20-16-7-4-3-6-15(16)17/h3-4,6-7,13-14,17,20-21H,5,8-12H2,1-2H3/t14-,17-/m0/s1. The molecule has 1 aromatic heterocycles. The van der Waals surface area contributed by atoms with Gasteiger partial charge in [-0.3, -0.25) is 0 Å². The van der Waals surface area contributed by atoms with Crippen LogP contribution in [0.1, 0.15) is 62.3 Å². The molecule has 5 heteroatoms. The van der Waals surface area contributed by atoms with Crippen molar-refractivity contribution < 1.29 is 0 Å². The maximum absolute atomic E-state index is 4.71. The zero-order chi connectivity index (χ0) is 16.5. The molecular formula is C19H27N5. The fourth-order valence-corrected chi connectivity index (χ4v) is 3.81. The van der Waals surface area contributed by atoms with Crippen LogP contribution in [0.25, 0.3) is 0 Å². The predicted octanol–water partition coefficient (Wildman–Crippen LogP) is 3.25. The number of anilines is 1. The fourth-order valence-electron chi connectivity index (χ4n) is 3.81. The van der Waals surface area contributed by atoms with Crippen LogP contribution in [0.5, 0.6) is 0 Å². The van der Waals surface area contributed by atoms with Gasteiger partial charge in [0.1, 0.15) is 5.82 Å². The highest BCUT2D eigenvalue weighted by molar-refractivity contribution is 5.53. The summed E-state index contributed by atoms with van der Waals surface area (Å²) in [5, 5.41) is 12.2. The van der Waals surface area contributed by atoms with Crippen LogP contribution in [-0.2, 0) is 13.0 Å². The Morgan fingerprint density at radius 1 is 1.25 bits per heavy atom. The second-order valence-corrected chi connectivity index (χ2v) is 7.33. The normalized spacial score (nSPS) is 23.3. The Morgan fingerprint density at radius 2 is 2.12 bits per heavy atom. The van der Waals surface area contributed by atoms with Gasteiger partial charge in [0.2, 0.25) is 0 Å². The number of hydrogen-bond donors (Lipinski definition) is 2. The molecule has 0 spiro atoms. The van der Waals surface area contributed by atoms with Crippen molar-refractivity contribution in [2.75, 3.05) is 11.9 Å². The summed E-state index contributed by atoms with van der Waals surface area (Å²) in [6.45, 7) is 6.31. The van der Waals surface area contributed by atoms with Crippen molar-refractivity contribution in [2.45, 2.75) is 64.1 Å². The highest BCUT2D eigenvalue weighted by Crippen LogP contribution is 2.30. The van der Waals surface area contributed by atoms with E-state index in [0.29, 0.717) is 18.0 Å². The van der Waals surface area contributed by atoms with Crippen molar-refractivity contribution in [3.63, 3.8) is 0 Å². The topological polar surface area (TPSA) is 54.8 Å². The molecular weight excluding hydrogens is 298 g/mol. The van der Waals surface area contributed by atoms with E-state index in [1.165, 1.54) is 24.1 Å². The van der Waals surface area contributed by atoms with Crippen LogP contribution in [0.3, 0.4) is 0 Å². The molecule has 5 nitrogen and oxygen atoms in total. The van der Waals surface area contributed by atoms with Gasteiger partial charge in [-0.2, -0.15) is 5.10 Å². The second kappa shape index (κ2) is 6.55. The number of para-hydroxylation sites is 1. The summed E-state index contributed by atoms with van der Waals surface area (Å²) in [4.78, 5) is 4.70. The number of rotatable bonds is 3. The summed E-state index contributed by atoms with van der Waals surface area (Å²) in [5.41, 5.74) is 2.69. The molecule has 24 heavy (non-hydrogen) atoms. The molecule has 2 atom stereocenters. The molecule has 0 saturated carbocycles. The van der Waals surface area contributed by atoms with Gasteiger partial charge in [0.05, 0.1) is 6.54 Å². The number of aryl methyl sites for hydroxylation is 1. The first-order valence-electron chi connectivity index (χ1n) is 9.23. The number of aromatic nitrogens is 3. The maximum Gasteiger partial charge on any atom is 0.153 e. The molecule has 2 aliphatic heterocycles. The summed E-state index contributed by atoms with van der Waals surface area (Å²) in [6.07, 6.45) is 4.54. The minimum absolute atomic E-state index is 0.398. The lowest BCUT2D eigenvalue weighted by Gasteiger charge is -2.29. The summed E-state index contributed by atoms with van der Waals surface area (Å²) in [6, 6.07) is 9.61. The molecule has 0 radical (unpaired) electrons. The summed E-state index contributed by atoms with van der Waals surface area (Å²) >= 11 is 0. The lowest BCUT2D eigenvalue weighted by atomic mass is 9.99. The molecule has 128 valence electrons. The fraction of sp³-hybridized carbons (Fsp3) is 0.579. The summed E-state index contributed by atoms with van der Waals surface area (Å²) in [5.74, 6) is 2.53. The Balaban J connectivity index is 1.50. The van der Waals surface area contributed by atoms with Gasteiger partial charge in [0, 0.05) is 36.7 Å². The van der Waals surface area contributed by atoms with Crippen LogP contribution in [0.2, 0.25) is 0 Å². The van der Waals surface area contributed by atoms with Gasteiger partial charge in [-0.05, 0) is 30.9 Å². The molecule has 2 aliphatic rings. The van der Waals surface area contributed by atoms with Crippen molar-refractivity contribution in [1.29, 1.82) is 0 Å². The molecule has 0 saturated heterocycles. The third kappa shape index (κ3) is 3.05. The van der Waals surface area contributed by atoms with E-state index in [9.17, 15) is 0 Å². The molecule has 4 rings (SSSR count). The lowest BCUT2D eigenvalue weighted by molar-refractivity contribution is 0.319. The van der Waals surface area contributed by atoms with Crippen LogP contribution in [0.15, 0.2) is 24.3 Å². The van der Waals surface area contributed by atoms with Crippen LogP contribution < -0.4 is 10.6 Å². The van der Waals surface area contributed by atoms with E-state index < -0.39 is 0 Å². The third-order valence-corrected chi connectivity index (χ3v) is 5.15. The van der Waals surface area contributed by atoms with E-state index in [0.717, 1.165) is 37.6 Å². The molecule has 2 N–H and O–H groups in total. The Bertz CT molecular complexity index is 706. The molecule has 0 fully saturated rings. The zero-order valence-electron chi connectivity index (χ0n) is 14.6. The first-order valence-corrected chi connectivity index (χ1v) is 9.23. The van der Waals surface area contributed by atoms with Crippen LogP contribution in [0.4, 0.5) is 5.69 Å². The van der Waals surface area contributed by atoms with Crippen molar-refractivity contribution in [2.24, 2.45) is 0 Å². The van der Waals surface area contributed by atoms with E-state index in [1.54, 1.807) is 0 Å². The van der Waals surface area contributed by atoms with Gasteiger partial charge < -0.3 is 10.6 Å². The Hall–Kier alpha value is -1.88. The maximum atomic E-state index is 4.71. The van der Waals surface area contributed by atoms with Gasteiger partial charge in [0.25, 0.3) is 0 Å². The molecule has 1 aromatic carbocycles. The average Bonchev–Trinajstić information content (AvgIpc) is 2.91. The van der Waals surface area contributed by atoms with Crippen LogP contribution >= 0.6 is 0 Å². The lowest BCUT2D eigenvalue weighted by Crippen LogP contribution is -2.40. The van der Waals surface area contributed by atoms with Crippen molar-refractivity contribution in [3.8, 4) is 0 Å². The van der Waals surface area contributed by atoms with E-state index in [4.69, 9.17) is 10.1 Å². The number of fused-ring (bicyclic) bond motifs is 2. The summed E-state index contributed by atoms with van der Waals surface area (Å²) < 4.78 is 2.12. The smallest absolute Gasteiger partial charge is 0.153 e. The number of hydrogen-bond acceptors (Lipinski definition) is 4. The molecule has 2 aromatic rings. The van der Waals surface area contributed by atoms with E-state index in [2.05, 4.69) is 53.4 Å². The first kappa shape index (κ1) is 15.6. The average molecular weight is 325 g/mol. The van der Waals surface area contributed by atoms with Crippen molar-refractivity contribution in [3.05, 3.63) is 41.5 Å². The van der Waals surface area contributed by atoms with Gasteiger partial charge >= 0.3 is 0 Å². The Kier molecular flexibility index (Phi) is 4.27. The zero-order valence-corrected chi connectivity index (χ0v) is 14.6. The van der Waals surface area contributed by atoms with Crippen molar-refractivity contribution in [1.82, 2.24) is 20.1 Å². The second-order valence-electron chi connectivity index (χ2n) is 7.33. The Labute approximate surface area is 143 Å². The highest BCUT2D eigenvalue weighted by Gasteiger charge is 2.26. The minimum atomic E-state index is 0.398. The first-order chi connectivity index (χ1) is 11.7. The largest absolute Gasteiger partial charge is 0.385 e. The van der Waals surface area contributed by atoms with Gasteiger partial charge in [-0.25, -0.2) is 9.67 Å². The number of benzene rings is 1. The quantitative estimate of drug-likeness (QED) is 0.909. The number of nitrogens with one attached hydrogen (secondary N) is 2. The van der Waals surface area contributed by atoms with Gasteiger partial charge in [0.15, 0.2) is 5.82 Å². The molecule has 0 aliphatic carbocycles. The molecule has 0 amide bonds. The summed E-state index contributed by atoms with van der Waals surface area (Å²) in [7, 11) is 0. The number of nitrogens with zero attached hydrogens (tertiary/aromatic N) is 3. The van der Waals surface area contributed by atoms with Crippen LogP contribution in [-0.4, -0.2) is 27.4 Å². The SMILES string of the molecule is CC(C)c1nc2n(n1)C[C@@H](N[C@H]1CCCNc3ccccc31)CC2.